The first-order chi connectivity index (χ1) is 3.48. The van der Waals surface area contributed by atoms with Crippen LogP contribution >= 0.6 is 58.2 Å². The molecule has 0 aromatic heterocycles. The summed E-state index contributed by atoms with van der Waals surface area (Å²) in [5.74, 6) is 0. The lowest BCUT2D eigenvalue weighted by Crippen LogP contribution is -2.10. The van der Waals surface area contributed by atoms with Crippen LogP contribution in [0.5, 0.6) is 0 Å². The number of alkyl halides is 3. The molecule has 0 bridgehead atoms. The van der Waals surface area contributed by atoms with Gasteiger partial charge in [-0.3, -0.25) is 0 Å². The Balaban J connectivity index is 4.03. The molecule has 0 rings (SSSR count). The van der Waals surface area contributed by atoms with Crippen molar-refractivity contribution >= 4 is 63.4 Å². The van der Waals surface area contributed by atoms with Crippen LogP contribution in [0.25, 0.3) is 0 Å². The molecule has 0 amide bonds. The van der Waals surface area contributed by atoms with Gasteiger partial charge in [-0.1, -0.05) is 46.4 Å². The van der Waals surface area contributed by atoms with E-state index in [0.29, 0.717) is 0 Å². The van der Waals surface area contributed by atoms with Crippen LogP contribution in [0.4, 0.5) is 0 Å². The van der Waals surface area contributed by atoms with Gasteiger partial charge in [0.2, 0.25) is 3.79 Å². The van der Waals surface area contributed by atoms with Crippen LogP contribution in [-0.2, 0) is 0 Å². The predicted molar refractivity (Wildman–Crippen MR) is 39.4 cm³/mol. The van der Waals surface area contributed by atoms with Crippen molar-refractivity contribution < 1.29 is 0 Å². The zero-order valence-corrected chi connectivity index (χ0v) is 7.12. The number of halogens is 5. The van der Waals surface area contributed by atoms with E-state index in [4.69, 9.17) is 58.2 Å². The fourth-order valence-corrected chi connectivity index (χ4v) is 0.431. The zero-order valence-electron chi connectivity index (χ0n) is 3.34. The van der Waals surface area contributed by atoms with E-state index in [2.05, 4.69) is 4.51 Å². The zero-order chi connectivity index (χ0) is 6.78. The molecule has 0 atom stereocenters. The molecule has 0 aromatic rings. The number of hydrogen-bond acceptors (Lipinski definition) is 1. The molecule has 0 saturated carbocycles. The quantitative estimate of drug-likeness (QED) is 0.435. The van der Waals surface area contributed by atoms with E-state index in [0.717, 1.165) is 0 Å². The van der Waals surface area contributed by atoms with Crippen LogP contribution in [0.3, 0.4) is 0 Å². The highest BCUT2D eigenvalue weighted by Gasteiger charge is 2.25. The van der Waals surface area contributed by atoms with E-state index in [-0.39, 0.29) is 5.17 Å². The Kier molecular flexibility index (Phi) is 3.79. The minimum absolute atomic E-state index is 0.260. The van der Waals surface area contributed by atoms with Crippen LogP contribution in [0.2, 0.25) is 0 Å². The van der Waals surface area contributed by atoms with Gasteiger partial charge in [0, 0.05) is 11.8 Å². The third-order valence-corrected chi connectivity index (χ3v) is 1.76. The third-order valence-electron chi connectivity index (χ3n) is 0.308. The summed E-state index contributed by atoms with van der Waals surface area (Å²) in [6.45, 7) is 0. The summed E-state index contributed by atoms with van der Waals surface area (Å²) in [5, 5.41) is -0.260. The highest BCUT2D eigenvalue weighted by Crippen LogP contribution is 2.29. The topological polar surface area (TPSA) is 12.4 Å². The van der Waals surface area contributed by atoms with Crippen LogP contribution in [0, 0.1) is 0 Å². The monoisotopic (exact) mass is 213 g/mol. The smallest absolute Gasteiger partial charge is 0.165 e. The highest BCUT2D eigenvalue weighted by atomic mass is 35.6. The maximum absolute atomic E-state index is 5.17. The Labute approximate surface area is 71.6 Å². The number of hydrogen-bond donors (Lipinski definition) is 0. The Bertz CT molecular complexity index is 101. The van der Waals surface area contributed by atoms with Gasteiger partial charge in [0.25, 0.3) is 0 Å². The lowest BCUT2D eigenvalue weighted by atomic mass is 10.8. The molecule has 0 aliphatic heterocycles. The SMILES string of the molecule is Cl/N=C(\Cl)C(Cl)(Cl)Cl. The van der Waals surface area contributed by atoms with Crippen molar-refractivity contribution in [2.24, 2.45) is 4.51 Å². The van der Waals surface area contributed by atoms with Gasteiger partial charge in [-0.2, -0.15) is 4.51 Å². The molecule has 8 heavy (non-hydrogen) atoms. The molecule has 1 nitrogen and oxygen atoms in total. The van der Waals surface area contributed by atoms with E-state index < -0.39 is 3.79 Å². The molecule has 6 heteroatoms. The normalized spacial score (nSPS) is 14.4. The Morgan fingerprint density at radius 1 is 1.25 bits per heavy atom. The minimum Gasteiger partial charge on any atom is -0.165 e. The number of rotatable bonds is 0. The average molecular weight is 215 g/mol. The summed E-state index contributed by atoms with van der Waals surface area (Å²) in [6.07, 6.45) is 0. The summed E-state index contributed by atoms with van der Waals surface area (Å²) in [4.78, 5) is 0. The molecule has 0 heterocycles. The van der Waals surface area contributed by atoms with Gasteiger partial charge in [0.05, 0.1) is 0 Å². The summed E-state index contributed by atoms with van der Waals surface area (Å²) < 4.78 is 1.23. The molecule has 0 radical (unpaired) electrons. The van der Waals surface area contributed by atoms with Crippen LogP contribution in [-0.4, -0.2) is 8.96 Å². The second kappa shape index (κ2) is 3.33. The molecule has 0 aromatic carbocycles. The summed E-state index contributed by atoms with van der Waals surface area (Å²) >= 11 is 25.5. The predicted octanol–water partition coefficient (Wildman–Crippen LogP) is 3.15. The molecule has 0 spiro atoms. The first kappa shape index (κ1) is 9.12. The van der Waals surface area contributed by atoms with Gasteiger partial charge >= 0.3 is 0 Å². The summed E-state index contributed by atoms with van der Waals surface area (Å²) in [7, 11) is 0. The third kappa shape index (κ3) is 3.21. The second-order valence-electron chi connectivity index (χ2n) is 0.873. The van der Waals surface area contributed by atoms with Gasteiger partial charge in [-0.15, -0.1) is 0 Å². The van der Waals surface area contributed by atoms with Crippen molar-refractivity contribution in [1.82, 2.24) is 0 Å². The van der Waals surface area contributed by atoms with Crippen LogP contribution < -0.4 is 0 Å². The Morgan fingerprint density at radius 2 is 1.62 bits per heavy atom. The minimum atomic E-state index is -1.69. The number of nitrogens with zero attached hydrogens (tertiary/aromatic N) is 1. The molecule has 0 aliphatic carbocycles. The lowest BCUT2D eigenvalue weighted by Gasteiger charge is -2.03. The molecular formula is C2Cl5N. The van der Waals surface area contributed by atoms with E-state index in [9.17, 15) is 0 Å². The van der Waals surface area contributed by atoms with Crippen molar-refractivity contribution in [2.45, 2.75) is 3.79 Å². The van der Waals surface area contributed by atoms with Crippen LogP contribution in [0.15, 0.2) is 4.51 Å². The van der Waals surface area contributed by atoms with Gasteiger partial charge in [-0.25, -0.2) is 0 Å². The maximum Gasteiger partial charge on any atom is 0.244 e. The van der Waals surface area contributed by atoms with Gasteiger partial charge < -0.3 is 0 Å². The summed E-state index contributed by atoms with van der Waals surface area (Å²) in [5.41, 5.74) is 0. The largest absolute Gasteiger partial charge is 0.244 e. The highest BCUT2D eigenvalue weighted by molar-refractivity contribution is 6.90. The van der Waals surface area contributed by atoms with Gasteiger partial charge in [0.1, 0.15) is 0 Å². The van der Waals surface area contributed by atoms with Crippen molar-refractivity contribution in [3.63, 3.8) is 0 Å². The van der Waals surface area contributed by atoms with E-state index in [1.165, 1.54) is 0 Å². The van der Waals surface area contributed by atoms with Crippen molar-refractivity contribution in [3.05, 3.63) is 0 Å². The average Bonchev–Trinajstić information content (AvgIpc) is 1.62. The Morgan fingerprint density at radius 3 is 1.62 bits per heavy atom. The van der Waals surface area contributed by atoms with Crippen LogP contribution in [0.1, 0.15) is 0 Å². The van der Waals surface area contributed by atoms with Crippen molar-refractivity contribution in [1.29, 1.82) is 0 Å². The first-order valence-corrected chi connectivity index (χ1v) is 3.25. The molecule has 48 valence electrons. The fourth-order valence-electron chi connectivity index (χ4n) is 0.0479. The molecular weight excluding hydrogens is 215 g/mol. The molecule has 0 unspecified atom stereocenters. The van der Waals surface area contributed by atoms with Crippen molar-refractivity contribution in [2.75, 3.05) is 0 Å². The second-order valence-corrected chi connectivity index (χ2v) is 3.68. The van der Waals surface area contributed by atoms with E-state index in [1.807, 2.05) is 0 Å². The lowest BCUT2D eigenvalue weighted by molar-refractivity contribution is 1.60. The fraction of sp³-hybridized carbons (Fsp3) is 0.500. The molecule has 0 aliphatic rings. The van der Waals surface area contributed by atoms with Gasteiger partial charge in [-0.05, 0) is 0 Å². The maximum atomic E-state index is 5.17. The first-order valence-electron chi connectivity index (χ1n) is 1.40. The Hall–Kier alpha value is 1.12. The van der Waals surface area contributed by atoms with E-state index in [1.54, 1.807) is 0 Å². The molecule has 0 N–H and O–H groups in total. The molecule has 0 fully saturated rings. The van der Waals surface area contributed by atoms with Gasteiger partial charge in [0.15, 0.2) is 5.17 Å². The summed E-state index contributed by atoms with van der Waals surface area (Å²) in [6, 6.07) is 0. The van der Waals surface area contributed by atoms with E-state index >= 15 is 0 Å². The standard InChI is InChI=1S/C2Cl5N/c3-1(8-7)2(4,5)6/b8-1-. The molecule has 0 saturated heterocycles. The van der Waals surface area contributed by atoms with Crippen molar-refractivity contribution in [3.8, 4) is 0 Å².